The number of hydrogen-bond donors (Lipinski definition) is 1. The van der Waals surface area contributed by atoms with Gasteiger partial charge in [-0.3, -0.25) is 9.78 Å². The van der Waals surface area contributed by atoms with Crippen LogP contribution < -0.4 is 4.74 Å². The highest BCUT2D eigenvalue weighted by Crippen LogP contribution is 2.44. The number of hydrogen-bond acceptors (Lipinski definition) is 4. The molecular formula is C25H19NO4. The number of benzene rings is 3. The average molecular weight is 397 g/mol. The molecule has 2 aliphatic rings. The number of carboxylic acids is 1. The minimum Gasteiger partial charge on any atom is -0.493 e. The Bertz CT molecular complexity index is 1350. The summed E-state index contributed by atoms with van der Waals surface area (Å²) in [5.74, 6) is -0.00339. The molecule has 3 heterocycles. The Morgan fingerprint density at radius 2 is 1.87 bits per heavy atom. The Labute approximate surface area is 172 Å². The number of fused-ring (bicyclic) bond motifs is 3. The smallest absolute Gasteiger partial charge is 0.307 e. The van der Waals surface area contributed by atoms with Gasteiger partial charge in [-0.25, -0.2) is 0 Å². The van der Waals surface area contributed by atoms with Gasteiger partial charge in [0.05, 0.1) is 31.8 Å². The number of rotatable bonds is 3. The van der Waals surface area contributed by atoms with Gasteiger partial charge in [0, 0.05) is 23.6 Å². The van der Waals surface area contributed by atoms with Crippen molar-refractivity contribution in [3.63, 3.8) is 0 Å². The van der Waals surface area contributed by atoms with Crippen LogP contribution in [0.25, 0.3) is 32.8 Å². The van der Waals surface area contributed by atoms with Gasteiger partial charge in [-0.2, -0.15) is 0 Å². The van der Waals surface area contributed by atoms with E-state index in [4.69, 9.17) is 14.5 Å². The number of carboxylic acid groups (broad SMARTS) is 1. The molecule has 0 radical (unpaired) electrons. The number of carbonyl (C=O) groups is 1. The van der Waals surface area contributed by atoms with Crippen LogP contribution in [-0.2, 0) is 35.6 Å². The zero-order valence-electron chi connectivity index (χ0n) is 16.3. The monoisotopic (exact) mass is 397 g/mol. The van der Waals surface area contributed by atoms with Gasteiger partial charge >= 0.3 is 5.97 Å². The predicted octanol–water partition coefficient (Wildman–Crippen LogP) is 4.65. The average Bonchev–Trinajstić information content (AvgIpc) is 3.25. The first-order chi connectivity index (χ1) is 14.7. The van der Waals surface area contributed by atoms with Crippen LogP contribution in [0.4, 0.5) is 0 Å². The van der Waals surface area contributed by atoms with Crippen LogP contribution in [0.1, 0.15) is 22.3 Å². The zero-order valence-corrected chi connectivity index (χ0v) is 16.3. The third-order valence-electron chi connectivity index (χ3n) is 6.21. The molecule has 3 aromatic carbocycles. The van der Waals surface area contributed by atoms with E-state index >= 15 is 0 Å². The van der Waals surface area contributed by atoms with E-state index in [1.165, 1.54) is 5.56 Å². The Morgan fingerprint density at radius 1 is 1.03 bits per heavy atom. The topological polar surface area (TPSA) is 68.7 Å². The van der Waals surface area contributed by atoms with Crippen molar-refractivity contribution in [3.8, 4) is 16.9 Å². The van der Waals surface area contributed by atoms with Gasteiger partial charge in [0.1, 0.15) is 5.75 Å². The Balaban J connectivity index is 1.77. The van der Waals surface area contributed by atoms with E-state index in [0.717, 1.165) is 61.7 Å². The number of ether oxygens (including phenoxy) is 2. The lowest BCUT2D eigenvalue weighted by Gasteiger charge is -2.22. The number of nitrogens with zero attached hydrogens (tertiary/aromatic N) is 1. The van der Waals surface area contributed by atoms with Crippen molar-refractivity contribution >= 4 is 27.6 Å². The molecule has 5 nitrogen and oxygen atoms in total. The maximum atomic E-state index is 11.8. The molecule has 0 saturated carbocycles. The molecule has 6 rings (SSSR count). The lowest BCUT2D eigenvalue weighted by Crippen LogP contribution is -2.10. The van der Waals surface area contributed by atoms with Crippen LogP contribution in [0.15, 0.2) is 48.7 Å². The molecule has 0 fully saturated rings. The molecule has 4 aromatic rings. The van der Waals surface area contributed by atoms with Gasteiger partial charge in [-0.1, -0.05) is 24.3 Å². The van der Waals surface area contributed by atoms with Crippen LogP contribution in [0.5, 0.6) is 5.75 Å². The van der Waals surface area contributed by atoms with Crippen LogP contribution >= 0.6 is 0 Å². The van der Waals surface area contributed by atoms with E-state index in [9.17, 15) is 9.90 Å². The second-order valence-corrected chi connectivity index (χ2v) is 7.82. The van der Waals surface area contributed by atoms with Crippen LogP contribution in [0.3, 0.4) is 0 Å². The highest BCUT2D eigenvalue weighted by molar-refractivity contribution is 6.09. The van der Waals surface area contributed by atoms with Crippen molar-refractivity contribution in [2.45, 2.75) is 26.1 Å². The molecule has 0 unspecified atom stereocenters. The van der Waals surface area contributed by atoms with Crippen LogP contribution in [-0.4, -0.2) is 22.7 Å². The van der Waals surface area contributed by atoms with Gasteiger partial charge in [-0.15, -0.1) is 0 Å². The second-order valence-electron chi connectivity index (χ2n) is 7.82. The molecule has 1 aromatic heterocycles. The van der Waals surface area contributed by atoms with Crippen molar-refractivity contribution in [3.05, 3.63) is 70.9 Å². The first kappa shape index (κ1) is 17.4. The van der Waals surface area contributed by atoms with E-state index in [1.807, 2.05) is 36.5 Å². The number of aromatic nitrogens is 1. The molecule has 0 spiro atoms. The molecule has 2 aliphatic heterocycles. The highest BCUT2D eigenvalue weighted by Gasteiger charge is 2.27. The minimum atomic E-state index is -0.848. The Hall–Kier alpha value is -3.44. The van der Waals surface area contributed by atoms with Gasteiger partial charge < -0.3 is 14.6 Å². The molecule has 1 N–H and O–H groups in total. The predicted molar refractivity (Wildman–Crippen MR) is 114 cm³/mol. The molecule has 5 heteroatoms. The fraction of sp³-hybridized carbons (Fsp3) is 0.200. The van der Waals surface area contributed by atoms with Gasteiger partial charge in [0.25, 0.3) is 0 Å². The quantitative estimate of drug-likeness (QED) is 0.545. The summed E-state index contributed by atoms with van der Waals surface area (Å²) in [7, 11) is 0. The fourth-order valence-electron chi connectivity index (χ4n) is 4.97. The molecule has 0 amide bonds. The third-order valence-corrected chi connectivity index (χ3v) is 6.21. The highest BCUT2D eigenvalue weighted by atomic mass is 16.5. The van der Waals surface area contributed by atoms with E-state index in [2.05, 4.69) is 12.1 Å². The molecule has 0 bridgehead atoms. The van der Waals surface area contributed by atoms with E-state index in [1.54, 1.807) is 0 Å². The SMILES string of the molecule is O=C(O)Cc1c2c(c3ccccc3c1-c1ccc3c4c(ccnc14)CCO3)COC2. The number of aliphatic carboxylic acids is 1. The second kappa shape index (κ2) is 6.54. The summed E-state index contributed by atoms with van der Waals surface area (Å²) in [6, 6.07) is 14.2. The van der Waals surface area contributed by atoms with Gasteiger partial charge in [-0.05, 0) is 56.8 Å². The van der Waals surface area contributed by atoms with Crippen molar-refractivity contribution < 1.29 is 19.4 Å². The first-order valence-electron chi connectivity index (χ1n) is 10.1. The van der Waals surface area contributed by atoms with Crippen LogP contribution in [0, 0.1) is 0 Å². The first-order valence-corrected chi connectivity index (χ1v) is 10.1. The standard InChI is InChI=1S/C25H19NO4/c27-22(28)11-18-20-13-29-12-19(20)15-3-1-2-4-16(15)24(18)17-5-6-21-23-14(8-10-30-21)7-9-26-25(17)23/h1-7,9H,8,10-13H2,(H,27,28). The van der Waals surface area contributed by atoms with Gasteiger partial charge in [0.2, 0.25) is 0 Å². The summed E-state index contributed by atoms with van der Waals surface area (Å²) in [4.78, 5) is 16.6. The summed E-state index contributed by atoms with van der Waals surface area (Å²) < 4.78 is 11.6. The van der Waals surface area contributed by atoms with Gasteiger partial charge in [0.15, 0.2) is 0 Å². The largest absolute Gasteiger partial charge is 0.493 e. The maximum absolute atomic E-state index is 11.8. The maximum Gasteiger partial charge on any atom is 0.307 e. The van der Waals surface area contributed by atoms with Crippen molar-refractivity contribution in [1.82, 2.24) is 4.98 Å². The third kappa shape index (κ3) is 2.45. The fourth-order valence-corrected chi connectivity index (χ4v) is 4.97. The molecule has 0 atom stereocenters. The Kier molecular flexibility index (Phi) is 3.80. The lowest BCUT2D eigenvalue weighted by atomic mass is 9.84. The lowest BCUT2D eigenvalue weighted by molar-refractivity contribution is -0.136. The van der Waals surface area contributed by atoms with Crippen LogP contribution in [0.2, 0.25) is 0 Å². The molecular weight excluding hydrogens is 378 g/mol. The molecule has 148 valence electrons. The molecule has 0 saturated heterocycles. The molecule has 30 heavy (non-hydrogen) atoms. The normalized spacial score (nSPS) is 14.7. The van der Waals surface area contributed by atoms with E-state index < -0.39 is 5.97 Å². The van der Waals surface area contributed by atoms with E-state index in [0.29, 0.717) is 19.8 Å². The summed E-state index contributed by atoms with van der Waals surface area (Å²) in [6.45, 7) is 1.61. The summed E-state index contributed by atoms with van der Waals surface area (Å²) in [5, 5.41) is 12.9. The summed E-state index contributed by atoms with van der Waals surface area (Å²) >= 11 is 0. The zero-order chi connectivity index (χ0) is 20.2. The van der Waals surface area contributed by atoms with Crippen molar-refractivity contribution in [1.29, 1.82) is 0 Å². The number of pyridine rings is 1. The minimum absolute atomic E-state index is 0.0503. The Morgan fingerprint density at radius 3 is 2.73 bits per heavy atom. The molecule has 0 aliphatic carbocycles. The van der Waals surface area contributed by atoms with Crippen molar-refractivity contribution in [2.75, 3.05) is 6.61 Å². The summed E-state index contributed by atoms with van der Waals surface area (Å²) in [6.07, 6.45) is 2.63. The van der Waals surface area contributed by atoms with E-state index in [-0.39, 0.29) is 6.42 Å². The summed E-state index contributed by atoms with van der Waals surface area (Å²) in [5.41, 5.74) is 6.90. The van der Waals surface area contributed by atoms with Crippen molar-refractivity contribution in [2.24, 2.45) is 0 Å².